The van der Waals surface area contributed by atoms with Gasteiger partial charge in [-0.05, 0) is 25.5 Å². The Labute approximate surface area is 194 Å². The highest BCUT2D eigenvalue weighted by molar-refractivity contribution is 6.31. The second-order valence-corrected chi connectivity index (χ2v) is 7.85. The minimum Gasteiger partial charge on any atom is -0.485 e. The van der Waals surface area contributed by atoms with E-state index in [0.29, 0.717) is 17.5 Å². The van der Waals surface area contributed by atoms with Crippen LogP contribution >= 0.6 is 11.6 Å². The molecule has 2 aromatic rings. The summed E-state index contributed by atoms with van der Waals surface area (Å²) in [6.07, 6.45) is 4.26. The fraction of sp³-hybridized carbons (Fsp3) is 0.318. The fourth-order valence-corrected chi connectivity index (χ4v) is 3.60. The average Bonchev–Trinajstić information content (AvgIpc) is 2.76. The molecule has 0 aromatic carbocycles. The summed E-state index contributed by atoms with van der Waals surface area (Å²) in [6.45, 7) is 3.13. The van der Waals surface area contributed by atoms with Crippen molar-refractivity contribution in [2.24, 2.45) is 0 Å². The third-order valence-electron chi connectivity index (χ3n) is 5.18. The summed E-state index contributed by atoms with van der Waals surface area (Å²) in [7, 11) is 4.62. The summed E-state index contributed by atoms with van der Waals surface area (Å²) in [5, 5.41) is 0.874. The Morgan fingerprint density at radius 2 is 2.00 bits per heavy atom. The number of amides is 1. The third kappa shape index (κ3) is 4.91. The van der Waals surface area contributed by atoms with Crippen LogP contribution in [-0.2, 0) is 16.2 Å². The smallest absolute Gasteiger partial charge is 0.277 e. The normalized spacial score (nSPS) is 15.8. The van der Waals surface area contributed by atoms with Crippen molar-refractivity contribution in [1.29, 1.82) is 0 Å². The van der Waals surface area contributed by atoms with E-state index < -0.39 is 23.2 Å². The summed E-state index contributed by atoms with van der Waals surface area (Å²) in [5.74, 6) is -1.98. The van der Waals surface area contributed by atoms with Gasteiger partial charge in [0.2, 0.25) is 0 Å². The van der Waals surface area contributed by atoms with Gasteiger partial charge in [-0.15, -0.1) is 0 Å². The minimum absolute atomic E-state index is 0.0304. The molecule has 3 heterocycles. The van der Waals surface area contributed by atoms with Crippen LogP contribution in [0, 0.1) is 18.6 Å². The molecule has 1 unspecified atom stereocenters. The zero-order valence-corrected chi connectivity index (χ0v) is 19.5. The van der Waals surface area contributed by atoms with Crippen LogP contribution in [0.3, 0.4) is 0 Å². The first-order chi connectivity index (χ1) is 15.5. The number of aromatic nitrogens is 2. The van der Waals surface area contributed by atoms with E-state index in [1.54, 1.807) is 38.1 Å². The van der Waals surface area contributed by atoms with Gasteiger partial charge in [-0.1, -0.05) is 11.6 Å². The number of halogens is 3. The Morgan fingerprint density at radius 3 is 2.64 bits per heavy atom. The number of allylic oxidation sites excluding steroid dienone is 2. The number of carbonyl (C=O) groups is 1. The highest BCUT2D eigenvalue weighted by Crippen LogP contribution is 2.29. The van der Waals surface area contributed by atoms with Crippen LogP contribution in [0.25, 0.3) is 5.70 Å². The van der Waals surface area contributed by atoms with Crippen molar-refractivity contribution in [3.63, 3.8) is 0 Å². The first-order valence-electron chi connectivity index (χ1n) is 9.84. The third-order valence-corrected chi connectivity index (χ3v) is 5.53. The first-order valence-corrected chi connectivity index (χ1v) is 10.2. The second kappa shape index (κ2) is 9.72. The van der Waals surface area contributed by atoms with Gasteiger partial charge >= 0.3 is 0 Å². The molecule has 1 atom stereocenters. The summed E-state index contributed by atoms with van der Waals surface area (Å²) in [4.78, 5) is 36.2. The topological polar surface area (TPSA) is 76.9 Å². The minimum atomic E-state index is -0.870. The highest BCUT2D eigenvalue weighted by Gasteiger charge is 2.29. The van der Waals surface area contributed by atoms with Crippen LogP contribution in [0.5, 0.6) is 5.75 Å². The number of ether oxygens (including phenoxy) is 1. The molecule has 0 bridgehead atoms. The Morgan fingerprint density at radius 1 is 1.30 bits per heavy atom. The van der Waals surface area contributed by atoms with E-state index in [9.17, 15) is 18.4 Å². The van der Waals surface area contributed by atoms with E-state index in [4.69, 9.17) is 21.2 Å². The van der Waals surface area contributed by atoms with Crippen molar-refractivity contribution < 1.29 is 23.1 Å². The van der Waals surface area contributed by atoms with Gasteiger partial charge in [0.15, 0.2) is 5.82 Å². The van der Waals surface area contributed by atoms with Gasteiger partial charge in [0, 0.05) is 38.1 Å². The van der Waals surface area contributed by atoms with E-state index in [1.807, 2.05) is 0 Å². The van der Waals surface area contributed by atoms with Gasteiger partial charge in [-0.25, -0.2) is 13.8 Å². The molecule has 0 spiro atoms. The molecule has 1 amide bonds. The number of pyridine rings is 2. The van der Waals surface area contributed by atoms with Gasteiger partial charge in [0.1, 0.15) is 34.9 Å². The summed E-state index contributed by atoms with van der Waals surface area (Å²) < 4.78 is 33.8. The zero-order chi connectivity index (χ0) is 24.4. The number of carbonyl (C=O) groups excluding carboxylic acids is 1. The first kappa shape index (κ1) is 24.4. The molecule has 0 saturated heterocycles. The summed E-state index contributed by atoms with van der Waals surface area (Å²) in [6, 6.07) is 1.51. The lowest BCUT2D eigenvalue weighted by Crippen LogP contribution is -2.44. The molecule has 0 saturated carbocycles. The molecule has 0 fully saturated rings. The molecule has 2 aromatic heterocycles. The molecule has 0 radical (unpaired) electrons. The zero-order valence-electron chi connectivity index (χ0n) is 18.7. The molecule has 1 aliphatic heterocycles. The Balaban J connectivity index is 1.97. The van der Waals surface area contributed by atoms with E-state index in [0.717, 1.165) is 16.8 Å². The Hall–Kier alpha value is -3.24. The van der Waals surface area contributed by atoms with E-state index in [1.165, 1.54) is 24.8 Å². The van der Waals surface area contributed by atoms with Crippen LogP contribution in [0.4, 0.5) is 8.78 Å². The number of aryl methyl sites for hydroxylation is 1. The van der Waals surface area contributed by atoms with Gasteiger partial charge in [0.05, 0.1) is 19.0 Å². The predicted octanol–water partition coefficient (Wildman–Crippen LogP) is 3.14. The number of hydrogen-bond acceptors (Lipinski definition) is 6. The van der Waals surface area contributed by atoms with Crippen LogP contribution in [-0.4, -0.2) is 52.7 Å². The van der Waals surface area contributed by atoms with Crippen molar-refractivity contribution in [3.05, 3.63) is 74.6 Å². The van der Waals surface area contributed by atoms with Crippen LogP contribution < -0.4 is 10.3 Å². The SMILES string of the molecule is CON(C)C(=O)C1C=C(n2c(C)cc(OCc3ncc(F)cc3F)c(Cl)c2=O)C(C)=CN1C. The number of nitrogens with zero attached hydrogens (tertiary/aromatic N) is 4. The Bertz CT molecular complexity index is 1210. The number of hydroxylamine groups is 2. The standard InChI is InChI=1S/C22H23ClF2N4O4/c1-12-10-27(3)18(21(30)28(4)32-5)8-17(12)29-13(2)6-19(20(23)22(29)31)33-11-16-15(25)7-14(24)9-26-16/h6-10,18H,11H2,1-5H3. The molecule has 8 nitrogen and oxygen atoms in total. The maximum Gasteiger partial charge on any atom is 0.277 e. The van der Waals surface area contributed by atoms with Crippen molar-refractivity contribution in [2.75, 3.05) is 21.2 Å². The van der Waals surface area contributed by atoms with Gasteiger partial charge in [-0.2, -0.15) is 0 Å². The molecule has 33 heavy (non-hydrogen) atoms. The largest absolute Gasteiger partial charge is 0.485 e. The van der Waals surface area contributed by atoms with Gasteiger partial charge in [-0.3, -0.25) is 24.0 Å². The average molecular weight is 481 g/mol. The molecular formula is C22H23ClF2N4O4. The van der Waals surface area contributed by atoms with Crippen molar-refractivity contribution >= 4 is 23.2 Å². The number of hydrogen-bond donors (Lipinski definition) is 0. The quantitative estimate of drug-likeness (QED) is 0.591. The lowest BCUT2D eigenvalue weighted by atomic mass is 10.1. The highest BCUT2D eigenvalue weighted by atomic mass is 35.5. The van der Waals surface area contributed by atoms with Gasteiger partial charge in [0.25, 0.3) is 11.5 Å². The van der Waals surface area contributed by atoms with Gasteiger partial charge < -0.3 is 9.64 Å². The molecule has 0 N–H and O–H groups in total. The summed E-state index contributed by atoms with van der Waals surface area (Å²) in [5.41, 5.74) is 0.984. The van der Waals surface area contributed by atoms with Crippen LogP contribution in [0.2, 0.25) is 5.02 Å². The molecule has 1 aliphatic rings. The van der Waals surface area contributed by atoms with Crippen LogP contribution in [0.15, 0.2) is 41.0 Å². The van der Waals surface area contributed by atoms with E-state index in [2.05, 4.69) is 4.98 Å². The fourth-order valence-electron chi connectivity index (χ4n) is 3.40. The van der Waals surface area contributed by atoms with Crippen LogP contribution in [0.1, 0.15) is 18.3 Å². The molecule has 11 heteroatoms. The van der Waals surface area contributed by atoms with Crippen molar-refractivity contribution in [2.45, 2.75) is 26.5 Å². The monoisotopic (exact) mass is 480 g/mol. The lowest BCUT2D eigenvalue weighted by molar-refractivity contribution is -0.171. The summed E-state index contributed by atoms with van der Waals surface area (Å²) >= 11 is 6.28. The van der Waals surface area contributed by atoms with E-state index in [-0.39, 0.29) is 29.0 Å². The maximum absolute atomic E-state index is 13.8. The number of likely N-dealkylation sites (N-methyl/N-ethyl adjacent to an activating group) is 2. The molecule has 176 valence electrons. The predicted molar refractivity (Wildman–Crippen MR) is 118 cm³/mol. The molecule has 3 rings (SSSR count). The second-order valence-electron chi connectivity index (χ2n) is 7.47. The lowest BCUT2D eigenvalue weighted by Gasteiger charge is -2.32. The Kier molecular flexibility index (Phi) is 7.19. The molecular weight excluding hydrogens is 458 g/mol. The number of rotatable bonds is 6. The van der Waals surface area contributed by atoms with Crippen molar-refractivity contribution in [1.82, 2.24) is 19.5 Å². The molecule has 0 aliphatic carbocycles. The maximum atomic E-state index is 13.8. The van der Waals surface area contributed by atoms with E-state index >= 15 is 0 Å². The van der Waals surface area contributed by atoms with Crippen molar-refractivity contribution in [3.8, 4) is 5.75 Å².